The largest absolute Gasteiger partial charge is 0.494 e. The van der Waals surface area contributed by atoms with Crippen LogP contribution in [0.15, 0.2) is 49.1 Å². The fourth-order valence-electron chi connectivity index (χ4n) is 2.06. The van der Waals surface area contributed by atoms with Crippen molar-refractivity contribution in [1.82, 2.24) is 14.6 Å². The summed E-state index contributed by atoms with van der Waals surface area (Å²) in [6, 6.07) is 7.15. The molecule has 0 unspecified atom stereocenters. The zero-order valence-corrected chi connectivity index (χ0v) is 11.0. The van der Waals surface area contributed by atoms with Crippen LogP contribution < -0.4 is 4.74 Å². The smallest absolute Gasteiger partial charge is 0.197 e. The van der Waals surface area contributed by atoms with Crippen molar-refractivity contribution in [3.05, 3.63) is 60.2 Å². The van der Waals surface area contributed by atoms with E-state index in [1.807, 2.05) is 19.1 Å². The molecule has 0 spiro atoms. The van der Waals surface area contributed by atoms with Gasteiger partial charge >= 0.3 is 0 Å². The Morgan fingerprint density at radius 3 is 3.10 bits per heavy atom. The third-order valence-corrected chi connectivity index (χ3v) is 2.98. The van der Waals surface area contributed by atoms with Crippen LogP contribution in [0.4, 0.5) is 0 Å². The number of rotatable bonds is 4. The van der Waals surface area contributed by atoms with Gasteiger partial charge in [-0.3, -0.25) is 9.78 Å². The molecule has 0 amide bonds. The molecular formula is C15H13N3O2. The topological polar surface area (TPSA) is 56.5 Å². The minimum atomic E-state index is -0.0884. The number of ketones is 1. The van der Waals surface area contributed by atoms with Crippen molar-refractivity contribution < 1.29 is 9.53 Å². The van der Waals surface area contributed by atoms with E-state index in [-0.39, 0.29) is 5.78 Å². The lowest BCUT2D eigenvalue weighted by Crippen LogP contribution is -2.02. The lowest BCUT2D eigenvalue weighted by Gasteiger charge is -2.04. The maximum absolute atomic E-state index is 12.5. The molecule has 2 heterocycles. The van der Waals surface area contributed by atoms with Crippen molar-refractivity contribution in [2.24, 2.45) is 0 Å². The second-order valence-corrected chi connectivity index (χ2v) is 4.25. The molecule has 5 heteroatoms. The first-order valence-electron chi connectivity index (χ1n) is 6.34. The Bertz CT molecular complexity index is 764. The van der Waals surface area contributed by atoms with Gasteiger partial charge in [0, 0.05) is 18.0 Å². The first kappa shape index (κ1) is 12.3. The zero-order valence-electron chi connectivity index (χ0n) is 11.0. The molecule has 0 radical (unpaired) electrons. The third-order valence-electron chi connectivity index (χ3n) is 2.98. The molecule has 5 nitrogen and oxygen atoms in total. The Labute approximate surface area is 115 Å². The molecule has 0 N–H and O–H groups in total. The highest BCUT2D eigenvalue weighted by molar-refractivity contribution is 6.13. The SMILES string of the molecule is CCOc1cccc(C(=O)c2cnn3ccncc23)c1. The molecule has 0 aliphatic carbocycles. The van der Waals surface area contributed by atoms with Crippen molar-refractivity contribution in [2.75, 3.05) is 6.61 Å². The van der Waals surface area contributed by atoms with Crippen molar-refractivity contribution in [2.45, 2.75) is 6.92 Å². The van der Waals surface area contributed by atoms with Gasteiger partial charge < -0.3 is 4.74 Å². The summed E-state index contributed by atoms with van der Waals surface area (Å²) in [5, 5.41) is 4.15. The number of nitrogens with zero attached hydrogens (tertiary/aromatic N) is 3. The zero-order chi connectivity index (χ0) is 13.9. The summed E-state index contributed by atoms with van der Waals surface area (Å²) in [5.41, 5.74) is 1.81. The summed E-state index contributed by atoms with van der Waals surface area (Å²) in [6.45, 7) is 2.48. The summed E-state index contributed by atoms with van der Waals surface area (Å²) in [7, 11) is 0. The normalized spacial score (nSPS) is 10.7. The van der Waals surface area contributed by atoms with Gasteiger partial charge in [0.05, 0.1) is 30.1 Å². The Balaban J connectivity index is 2.02. The quantitative estimate of drug-likeness (QED) is 0.681. The van der Waals surface area contributed by atoms with Crippen LogP contribution in [0.25, 0.3) is 5.52 Å². The molecule has 0 fully saturated rings. The average molecular weight is 267 g/mol. The molecule has 0 saturated carbocycles. The number of carbonyl (C=O) groups is 1. The number of carbonyl (C=O) groups excluding carboxylic acids is 1. The minimum absolute atomic E-state index is 0.0884. The van der Waals surface area contributed by atoms with Gasteiger partial charge in [-0.25, -0.2) is 4.52 Å². The standard InChI is InChI=1S/C15H13N3O2/c1-2-20-12-5-3-4-11(8-12)15(19)13-9-17-18-7-6-16-10-14(13)18/h3-10H,2H2,1H3. The Kier molecular flexibility index (Phi) is 3.16. The number of aromatic nitrogens is 3. The molecule has 0 atom stereocenters. The fourth-order valence-corrected chi connectivity index (χ4v) is 2.06. The highest BCUT2D eigenvalue weighted by atomic mass is 16.5. The molecule has 0 aliphatic rings. The summed E-state index contributed by atoms with van der Waals surface area (Å²) in [4.78, 5) is 16.6. The van der Waals surface area contributed by atoms with Gasteiger partial charge in [-0.15, -0.1) is 0 Å². The van der Waals surface area contributed by atoms with Crippen LogP contribution in [-0.4, -0.2) is 27.0 Å². The summed E-state index contributed by atoms with van der Waals surface area (Å²) in [5.74, 6) is 0.600. The molecule has 3 aromatic rings. The highest BCUT2D eigenvalue weighted by Gasteiger charge is 2.15. The highest BCUT2D eigenvalue weighted by Crippen LogP contribution is 2.19. The molecular weight excluding hydrogens is 254 g/mol. The van der Waals surface area contributed by atoms with Crippen molar-refractivity contribution in [1.29, 1.82) is 0 Å². The van der Waals surface area contributed by atoms with E-state index in [0.717, 1.165) is 0 Å². The van der Waals surface area contributed by atoms with Crippen LogP contribution in [0.2, 0.25) is 0 Å². The van der Waals surface area contributed by atoms with Crippen molar-refractivity contribution in [3.63, 3.8) is 0 Å². The predicted octanol–water partition coefficient (Wildman–Crippen LogP) is 2.36. The summed E-state index contributed by atoms with van der Waals surface area (Å²) >= 11 is 0. The van der Waals surface area contributed by atoms with Crippen LogP contribution in [0.5, 0.6) is 5.75 Å². The molecule has 3 rings (SSSR count). The lowest BCUT2D eigenvalue weighted by molar-refractivity contribution is 0.104. The van der Waals surface area contributed by atoms with Crippen LogP contribution in [0.3, 0.4) is 0 Å². The number of benzene rings is 1. The monoisotopic (exact) mass is 267 g/mol. The fraction of sp³-hybridized carbons (Fsp3) is 0.133. The lowest BCUT2D eigenvalue weighted by atomic mass is 10.1. The van der Waals surface area contributed by atoms with Gasteiger partial charge in [0.25, 0.3) is 0 Å². The third kappa shape index (κ3) is 2.14. The Morgan fingerprint density at radius 2 is 2.25 bits per heavy atom. The molecule has 0 saturated heterocycles. The molecule has 1 aromatic carbocycles. The summed E-state index contributed by atoms with van der Waals surface area (Å²) in [6.07, 6.45) is 6.53. The number of hydrogen-bond donors (Lipinski definition) is 0. The first-order chi connectivity index (χ1) is 9.79. The molecule has 0 aliphatic heterocycles. The van der Waals surface area contributed by atoms with Crippen LogP contribution in [0.1, 0.15) is 22.8 Å². The minimum Gasteiger partial charge on any atom is -0.494 e. The maximum Gasteiger partial charge on any atom is 0.197 e. The van der Waals surface area contributed by atoms with Crippen molar-refractivity contribution >= 4 is 11.3 Å². The second-order valence-electron chi connectivity index (χ2n) is 4.25. The second kappa shape index (κ2) is 5.13. The molecule has 20 heavy (non-hydrogen) atoms. The number of ether oxygens (including phenoxy) is 1. The van der Waals surface area contributed by atoms with Gasteiger partial charge in [-0.2, -0.15) is 5.10 Å². The molecule has 0 bridgehead atoms. The van der Waals surface area contributed by atoms with E-state index >= 15 is 0 Å². The van der Waals surface area contributed by atoms with Gasteiger partial charge in [0.1, 0.15) is 5.75 Å². The van der Waals surface area contributed by atoms with Gasteiger partial charge in [-0.1, -0.05) is 12.1 Å². The van der Waals surface area contributed by atoms with E-state index < -0.39 is 0 Å². The molecule has 100 valence electrons. The van der Waals surface area contributed by atoms with E-state index in [0.29, 0.717) is 29.0 Å². The number of fused-ring (bicyclic) bond motifs is 1. The maximum atomic E-state index is 12.5. The van der Waals surface area contributed by atoms with Crippen molar-refractivity contribution in [3.8, 4) is 5.75 Å². The van der Waals surface area contributed by atoms with Gasteiger partial charge in [0.2, 0.25) is 0 Å². The van der Waals surface area contributed by atoms with Gasteiger partial charge in [-0.05, 0) is 19.1 Å². The van der Waals surface area contributed by atoms with E-state index in [9.17, 15) is 4.79 Å². The first-order valence-corrected chi connectivity index (χ1v) is 6.34. The Morgan fingerprint density at radius 1 is 1.35 bits per heavy atom. The predicted molar refractivity (Wildman–Crippen MR) is 74.0 cm³/mol. The molecule has 2 aromatic heterocycles. The van der Waals surface area contributed by atoms with Crippen LogP contribution >= 0.6 is 0 Å². The van der Waals surface area contributed by atoms with Gasteiger partial charge in [0.15, 0.2) is 5.78 Å². The van der Waals surface area contributed by atoms with E-state index in [4.69, 9.17) is 4.74 Å². The van der Waals surface area contributed by atoms with Crippen LogP contribution in [0, 0.1) is 0 Å². The van der Waals surface area contributed by atoms with Crippen LogP contribution in [-0.2, 0) is 0 Å². The van der Waals surface area contributed by atoms with E-state index in [1.165, 1.54) is 0 Å². The average Bonchev–Trinajstić information content (AvgIpc) is 2.91. The summed E-state index contributed by atoms with van der Waals surface area (Å²) < 4.78 is 7.05. The van der Waals surface area contributed by atoms with E-state index in [1.54, 1.807) is 41.4 Å². The Hall–Kier alpha value is -2.69. The number of hydrogen-bond acceptors (Lipinski definition) is 4. The van der Waals surface area contributed by atoms with E-state index in [2.05, 4.69) is 10.1 Å².